The summed E-state index contributed by atoms with van der Waals surface area (Å²) in [5.74, 6) is 0.829. The van der Waals surface area contributed by atoms with Crippen LogP contribution in [-0.2, 0) is 24.3 Å². The molecule has 0 spiro atoms. The van der Waals surface area contributed by atoms with Crippen LogP contribution in [0.25, 0.3) is 0 Å². The van der Waals surface area contributed by atoms with Crippen molar-refractivity contribution in [3.8, 4) is 0 Å². The van der Waals surface area contributed by atoms with Gasteiger partial charge in [-0.3, -0.25) is 9.59 Å². The average Bonchev–Trinajstić information content (AvgIpc) is 3.48. The third-order valence-corrected chi connectivity index (χ3v) is 6.30. The van der Waals surface area contributed by atoms with Crippen LogP contribution >= 0.6 is 11.8 Å². The fourth-order valence-corrected chi connectivity index (χ4v) is 4.55. The Bertz CT molecular complexity index is 1110. The Kier molecular flexibility index (Phi) is 6.75. The molecule has 1 N–H and O–H groups in total. The number of aromatic nitrogens is 3. The standard InChI is InChI=1S/C23H25N5O3S/c1-3-11-28-21(16(2)24-22(30)19-9-6-13-31-19)25-26-23(28)32-15-20(29)27-12-10-17-7-4-5-8-18(17)14-27/h3-9,13,16H,1,10-12,14-15H2,2H3,(H,24,30)/t16-/m0/s1. The van der Waals surface area contributed by atoms with Crippen LogP contribution in [0.4, 0.5) is 0 Å². The van der Waals surface area contributed by atoms with E-state index in [-0.39, 0.29) is 23.3 Å². The number of thioether (sulfide) groups is 1. The minimum Gasteiger partial charge on any atom is -0.459 e. The van der Waals surface area contributed by atoms with E-state index in [1.165, 1.54) is 29.2 Å². The number of fused-ring (bicyclic) bond motifs is 1. The molecule has 166 valence electrons. The summed E-state index contributed by atoms with van der Waals surface area (Å²) in [4.78, 5) is 27.0. The SMILES string of the molecule is C=CCn1c(SCC(=O)N2CCc3ccccc3C2)nnc1[C@H](C)NC(=O)c1ccco1. The lowest BCUT2D eigenvalue weighted by atomic mass is 10.00. The van der Waals surface area contributed by atoms with Gasteiger partial charge in [-0.05, 0) is 36.6 Å². The van der Waals surface area contributed by atoms with Gasteiger partial charge in [0.2, 0.25) is 5.91 Å². The summed E-state index contributed by atoms with van der Waals surface area (Å²) in [6.45, 7) is 7.46. The Labute approximate surface area is 190 Å². The maximum atomic E-state index is 12.8. The van der Waals surface area contributed by atoms with E-state index in [1.807, 2.05) is 28.5 Å². The van der Waals surface area contributed by atoms with Gasteiger partial charge in [0, 0.05) is 19.6 Å². The Hall–Kier alpha value is -3.33. The van der Waals surface area contributed by atoms with Crippen molar-refractivity contribution in [2.45, 2.75) is 37.6 Å². The molecule has 0 unspecified atom stereocenters. The molecule has 1 aliphatic rings. The molecule has 1 atom stereocenters. The molecule has 8 nitrogen and oxygen atoms in total. The first-order valence-corrected chi connectivity index (χ1v) is 11.4. The van der Waals surface area contributed by atoms with Gasteiger partial charge in [-0.2, -0.15) is 0 Å². The summed E-state index contributed by atoms with van der Waals surface area (Å²) >= 11 is 1.34. The van der Waals surface area contributed by atoms with Gasteiger partial charge in [0.15, 0.2) is 16.7 Å². The van der Waals surface area contributed by atoms with Crippen molar-refractivity contribution in [1.82, 2.24) is 25.0 Å². The number of carbonyl (C=O) groups excluding carboxylic acids is 2. The fourth-order valence-electron chi connectivity index (χ4n) is 3.69. The number of nitrogens with zero attached hydrogens (tertiary/aromatic N) is 4. The van der Waals surface area contributed by atoms with E-state index >= 15 is 0 Å². The summed E-state index contributed by atoms with van der Waals surface area (Å²) in [6.07, 6.45) is 4.06. The molecule has 0 saturated carbocycles. The highest BCUT2D eigenvalue weighted by atomic mass is 32.2. The second-order valence-corrected chi connectivity index (χ2v) is 8.48. The fraction of sp³-hybridized carbons (Fsp3) is 0.304. The molecule has 2 amide bonds. The van der Waals surface area contributed by atoms with Crippen molar-refractivity contribution in [3.63, 3.8) is 0 Å². The maximum absolute atomic E-state index is 12.8. The third kappa shape index (κ3) is 4.77. The molecular weight excluding hydrogens is 426 g/mol. The predicted octanol–water partition coefficient (Wildman–Crippen LogP) is 3.23. The van der Waals surface area contributed by atoms with Crippen molar-refractivity contribution in [1.29, 1.82) is 0 Å². The Balaban J connectivity index is 1.40. The number of rotatable bonds is 8. The Morgan fingerprint density at radius 3 is 2.81 bits per heavy atom. The molecule has 0 radical (unpaired) electrons. The minimum atomic E-state index is -0.399. The zero-order chi connectivity index (χ0) is 22.5. The second-order valence-electron chi connectivity index (χ2n) is 7.54. The molecule has 32 heavy (non-hydrogen) atoms. The van der Waals surface area contributed by atoms with Crippen molar-refractivity contribution in [2.75, 3.05) is 12.3 Å². The number of hydrogen-bond donors (Lipinski definition) is 1. The molecule has 9 heteroatoms. The van der Waals surface area contributed by atoms with Gasteiger partial charge in [-0.15, -0.1) is 16.8 Å². The first-order valence-electron chi connectivity index (χ1n) is 10.4. The summed E-state index contributed by atoms with van der Waals surface area (Å²) in [5.41, 5.74) is 2.51. The van der Waals surface area contributed by atoms with Gasteiger partial charge in [-0.1, -0.05) is 42.1 Å². The van der Waals surface area contributed by atoms with Crippen molar-refractivity contribution in [3.05, 3.63) is 78.0 Å². The molecule has 0 saturated heterocycles. The molecule has 0 fully saturated rings. The van der Waals surface area contributed by atoms with Gasteiger partial charge in [0.1, 0.15) is 0 Å². The van der Waals surface area contributed by atoms with Crippen LogP contribution in [0.15, 0.2) is 64.9 Å². The van der Waals surface area contributed by atoms with E-state index in [2.05, 4.69) is 34.2 Å². The van der Waals surface area contributed by atoms with Crippen molar-refractivity contribution >= 4 is 23.6 Å². The topological polar surface area (TPSA) is 93.3 Å². The van der Waals surface area contributed by atoms with Gasteiger partial charge in [-0.25, -0.2) is 0 Å². The zero-order valence-electron chi connectivity index (χ0n) is 17.9. The number of nitrogens with one attached hydrogen (secondary N) is 1. The number of furan rings is 1. The summed E-state index contributed by atoms with van der Waals surface area (Å²) in [6, 6.07) is 11.1. The van der Waals surface area contributed by atoms with Gasteiger partial charge >= 0.3 is 0 Å². The molecule has 3 heterocycles. The van der Waals surface area contributed by atoms with Crippen LogP contribution in [-0.4, -0.2) is 43.8 Å². The molecule has 4 rings (SSSR count). The summed E-state index contributed by atoms with van der Waals surface area (Å²) < 4.78 is 7.01. The lowest BCUT2D eigenvalue weighted by molar-refractivity contribution is -0.129. The highest BCUT2D eigenvalue weighted by molar-refractivity contribution is 7.99. The number of allylic oxidation sites excluding steroid dienone is 1. The lowest BCUT2D eigenvalue weighted by Gasteiger charge is -2.28. The largest absolute Gasteiger partial charge is 0.459 e. The van der Waals surface area contributed by atoms with E-state index in [1.54, 1.807) is 18.2 Å². The second kappa shape index (κ2) is 9.86. The third-order valence-electron chi connectivity index (χ3n) is 5.35. The van der Waals surface area contributed by atoms with Crippen LogP contribution < -0.4 is 5.32 Å². The van der Waals surface area contributed by atoms with Crippen molar-refractivity contribution in [2.24, 2.45) is 0 Å². The zero-order valence-corrected chi connectivity index (χ0v) is 18.7. The average molecular weight is 452 g/mol. The lowest BCUT2D eigenvalue weighted by Crippen LogP contribution is -2.37. The molecular formula is C23H25N5O3S. The van der Waals surface area contributed by atoms with E-state index < -0.39 is 6.04 Å². The normalized spacial score (nSPS) is 14.0. The smallest absolute Gasteiger partial charge is 0.287 e. The van der Waals surface area contributed by atoms with Crippen LogP contribution in [0.3, 0.4) is 0 Å². The minimum absolute atomic E-state index is 0.0679. The molecule has 0 aliphatic carbocycles. The van der Waals surface area contributed by atoms with Gasteiger partial charge in [0.25, 0.3) is 5.91 Å². The monoisotopic (exact) mass is 451 g/mol. The molecule has 1 aromatic carbocycles. The molecule has 0 bridgehead atoms. The summed E-state index contributed by atoms with van der Waals surface area (Å²) in [5, 5.41) is 12.0. The Morgan fingerprint density at radius 1 is 1.25 bits per heavy atom. The molecule has 1 aliphatic heterocycles. The highest BCUT2D eigenvalue weighted by Gasteiger charge is 2.23. The number of hydrogen-bond acceptors (Lipinski definition) is 6. The van der Waals surface area contributed by atoms with E-state index in [9.17, 15) is 9.59 Å². The van der Waals surface area contributed by atoms with Crippen LogP contribution in [0.2, 0.25) is 0 Å². The summed E-state index contributed by atoms with van der Waals surface area (Å²) in [7, 11) is 0. The van der Waals surface area contributed by atoms with Gasteiger partial charge in [0.05, 0.1) is 18.1 Å². The number of amides is 2. The highest BCUT2D eigenvalue weighted by Crippen LogP contribution is 2.23. The quantitative estimate of drug-likeness (QED) is 0.418. The first-order chi connectivity index (χ1) is 15.6. The van der Waals surface area contributed by atoms with E-state index in [0.717, 1.165) is 13.0 Å². The maximum Gasteiger partial charge on any atom is 0.287 e. The van der Waals surface area contributed by atoms with Crippen LogP contribution in [0.5, 0.6) is 0 Å². The Morgan fingerprint density at radius 2 is 2.06 bits per heavy atom. The van der Waals surface area contributed by atoms with E-state index in [4.69, 9.17) is 4.42 Å². The van der Waals surface area contributed by atoms with Gasteiger partial charge < -0.3 is 19.2 Å². The number of benzene rings is 1. The first kappa shape index (κ1) is 21.9. The van der Waals surface area contributed by atoms with Crippen LogP contribution in [0.1, 0.15) is 40.5 Å². The number of carbonyl (C=O) groups is 2. The van der Waals surface area contributed by atoms with Crippen molar-refractivity contribution < 1.29 is 14.0 Å². The molecule has 3 aromatic rings. The van der Waals surface area contributed by atoms with Crippen LogP contribution in [0, 0.1) is 0 Å². The van der Waals surface area contributed by atoms with E-state index in [0.29, 0.717) is 24.1 Å². The molecule has 2 aromatic heterocycles. The predicted molar refractivity (Wildman–Crippen MR) is 121 cm³/mol.